The van der Waals surface area contributed by atoms with Crippen LogP contribution in [0, 0.1) is 23.2 Å². The van der Waals surface area contributed by atoms with Gasteiger partial charge in [0.05, 0.1) is 41.5 Å². The maximum Gasteiger partial charge on any atom is 0.433 e. The fourth-order valence-corrected chi connectivity index (χ4v) is 5.65. The number of ether oxygens (including phenoxy) is 1. The summed E-state index contributed by atoms with van der Waals surface area (Å²) in [4.78, 5) is 34.0. The fourth-order valence-electron chi connectivity index (χ4n) is 5.65. The maximum atomic E-state index is 13.7. The van der Waals surface area contributed by atoms with Gasteiger partial charge in [0.1, 0.15) is 17.1 Å². The van der Waals surface area contributed by atoms with Crippen LogP contribution in [0.1, 0.15) is 82.3 Å². The molecule has 2 aromatic rings. The number of halogens is 3. The molecule has 264 valence electrons. The Labute approximate surface area is 285 Å². The van der Waals surface area contributed by atoms with Crippen LogP contribution in [0.25, 0.3) is 0 Å². The molecule has 1 aliphatic heterocycles. The number of nitriles is 1. The minimum atomic E-state index is -4.70. The lowest BCUT2D eigenvalue weighted by molar-refractivity contribution is -0.141. The maximum absolute atomic E-state index is 13.7. The normalized spacial score (nSPS) is 22.1. The summed E-state index contributed by atoms with van der Waals surface area (Å²) in [6, 6.07) is 8.88. The predicted octanol–water partition coefficient (Wildman–Crippen LogP) is 6.88. The number of alkyl halides is 3. The minimum Gasteiger partial charge on any atom is -0.506 e. The number of likely N-dealkylation sites (tertiary alicyclic amines) is 1. The van der Waals surface area contributed by atoms with Crippen molar-refractivity contribution < 1.29 is 32.6 Å². The van der Waals surface area contributed by atoms with Crippen LogP contribution >= 0.6 is 0 Å². The molecule has 5 N–H and O–H groups in total. The molecule has 2 heterocycles. The number of benzene rings is 1. The Hall–Kier alpha value is -4.70. The van der Waals surface area contributed by atoms with E-state index in [0.717, 1.165) is 12.6 Å². The number of nitrogen functional groups attached to an aromatic ring is 1. The van der Waals surface area contributed by atoms with Gasteiger partial charge in [-0.05, 0) is 56.4 Å². The van der Waals surface area contributed by atoms with E-state index in [1.54, 1.807) is 18.2 Å². The number of ketones is 1. The first-order valence-corrected chi connectivity index (χ1v) is 16.4. The second-order valence-corrected chi connectivity index (χ2v) is 12.1. The average molecular weight is 683 g/mol. The number of phenolic OH excluding ortho intramolecular Hbond substituents is 1. The van der Waals surface area contributed by atoms with Crippen LogP contribution in [-0.4, -0.2) is 57.2 Å². The summed E-state index contributed by atoms with van der Waals surface area (Å²) in [7, 11) is 0. The van der Waals surface area contributed by atoms with Crippen molar-refractivity contribution in [1.82, 2.24) is 9.88 Å². The molecule has 0 spiro atoms. The number of allylic oxidation sites excluding steroid dienone is 1. The summed E-state index contributed by atoms with van der Waals surface area (Å²) in [5.41, 5.74) is 12.9. The molecule has 49 heavy (non-hydrogen) atoms. The largest absolute Gasteiger partial charge is 0.506 e. The number of hydrogen-bond acceptors (Lipinski definition) is 9. The van der Waals surface area contributed by atoms with Gasteiger partial charge in [-0.3, -0.25) is 14.6 Å². The van der Waals surface area contributed by atoms with Crippen molar-refractivity contribution in [3.63, 3.8) is 0 Å². The molecule has 13 heteroatoms. The zero-order valence-corrected chi connectivity index (χ0v) is 28.3. The van der Waals surface area contributed by atoms with E-state index in [9.17, 15) is 27.9 Å². The summed E-state index contributed by atoms with van der Waals surface area (Å²) in [6.45, 7) is 11.2. The van der Waals surface area contributed by atoms with Crippen LogP contribution in [0.2, 0.25) is 0 Å². The summed E-state index contributed by atoms with van der Waals surface area (Å²) in [5.74, 6) is -0.348. The monoisotopic (exact) mass is 682 g/mol. The van der Waals surface area contributed by atoms with Gasteiger partial charge in [0.25, 0.3) is 5.91 Å². The van der Waals surface area contributed by atoms with Crippen molar-refractivity contribution in [2.75, 3.05) is 12.3 Å². The van der Waals surface area contributed by atoms with Gasteiger partial charge in [-0.1, -0.05) is 46.4 Å². The number of aliphatic imine (C=N–C) groups is 1. The van der Waals surface area contributed by atoms with E-state index in [1.807, 2.05) is 27.7 Å². The van der Waals surface area contributed by atoms with Crippen LogP contribution in [0.5, 0.6) is 5.75 Å². The van der Waals surface area contributed by atoms with E-state index in [-0.39, 0.29) is 53.7 Å². The van der Waals surface area contributed by atoms with Crippen molar-refractivity contribution in [3.05, 3.63) is 71.7 Å². The van der Waals surface area contributed by atoms with Crippen molar-refractivity contribution >= 4 is 28.8 Å². The van der Waals surface area contributed by atoms with Gasteiger partial charge in [0.15, 0.2) is 5.78 Å². The number of nitrogens with two attached hydrogens (primary N) is 2. The average Bonchev–Trinajstić information content (AvgIpc) is 3.07. The molecule has 1 amide bonds. The van der Waals surface area contributed by atoms with Crippen LogP contribution in [0.3, 0.4) is 0 Å². The number of aromatic hydroxyl groups is 1. The van der Waals surface area contributed by atoms with Crippen molar-refractivity contribution in [3.8, 4) is 11.8 Å². The van der Waals surface area contributed by atoms with Gasteiger partial charge in [0.2, 0.25) is 0 Å². The van der Waals surface area contributed by atoms with Crippen molar-refractivity contribution in [2.24, 2.45) is 22.6 Å². The Bertz CT molecular complexity index is 1610. The van der Waals surface area contributed by atoms with E-state index < -0.39 is 29.9 Å². The highest BCUT2D eigenvalue weighted by molar-refractivity contribution is 6.07. The quantitative estimate of drug-likeness (QED) is 0.228. The topological polar surface area (TPSA) is 168 Å². The van der Waals surface area contributed by atoms with Crippen LogP contribution < -0.4 is 11.5 Å². The highest BCUT2D eigenvalue weighted by Crippen LogP contribution is 2.36. The minimum absolute atomic E-state index is 0.0200. The summed E-state index contributed by atoms with van der Waals surface area (Å²) in [6.07, 6.45) is 0.204. The lowest BCUT2D eigenvalue weighted by atomic mass is 9.83. The number of amides is 1. The SMILES string of the molecule is C=CC(=O)C(C)CC.CCC(OC1CC(C#N)C1)/C(N)=C1/C(=Nc2ccccc2O)CCN(C(=O)c2cnc(C(F)(F)F)cc2N)C1CC. The Morgan fingerprint density at radius 3 is 2.43 bits per heavy atom. The number of para-hydroxylation sites is 2. The van der Waals surface area contributed by atoms with E-state index in [4.69, 9.17) is 26.5 Å². The second-order valence-electron chi connectivity index (χ2n) is 12.1. The van der Waals surface area contributed by atoms with Gasteiger partial charge >= 0.3 is 6.18 Å². The summed E-state index contributed by atoms with van der Waals surface area (Å²) in [5, 5.41) is 19.5. The molecule has 2 fully saturated rings. The van der Waals surface area contributed by atoms with Crippen LogP contribution in [-0.2, 0) is 15.7 Å². The number of carbonyl (C=O) groups excluding carboxylic acids is 2. The van der Waals surface area contributed by atoms with Gasteiger partial charge in [-0.25, -0.2) is 4.99 Å². The molecule has 2 aliphatic rings. The van der Waals surface area contributed by atoms with Gasteiger partial charge in [-0.15, -0.1) is 0 Å². The first-order chi connectivity index (χ1) is 23.2. The van der Waals surface area contributed by atoms with Gasteiger partial charge in [-0.2, -0.15) is 18.4 Å². The molecular weight excluding hydrogens is 637 g/mol. The third-order valence-electron chi connectivity index (χ3n) is 8.81. The smallest absolute Gasteiger partial charge is 0.433 e. The Kier molecular flexibility index (Phi) is 13.5. The lowest BCUT2D eigenvalue weighted by Gasteiger charge is -2.40. The molecule has 0 radical (unpaired) electrons. The molecule has 1 aromatic heterocycles. The van der Waals surface area contributed by atoms with Crippen LogP contribution in [0.15, 0.2) is 65.4 Å². The number of anilines is 1. The molecule has 0 bridgehead atoms. The Morgan fingerprint density at radius 2 is 1.92 bits per heavy atom. The summed E-state index contributed by atoms with van der Waals surface area (Å²) >= 11 is 0. The predicted molar refractivity (Wildman–Crippen MR) is 182 cm³/mol. The second kappa shape index (κ2) is 17.1. The van der Waals surface area contributed by atoms with E-state index in [2.05, 4.69) is 17.6 Å². The zero-order chi connectivity index (χ0) is 36.5. The number of hydrogen-bond donors (Lipinski definition) is 3. The number of aromatic nitrogens is 1. The molecule has 4 rings (SSSR count). The molecule has 10 nitrogen and oxygen atoms in total. The first-order valence-electron chi connectivity index (χ1n) is 16.4. The van der Waals surface area contributed by atoms with Gasteiger partial charge < -0.3 is 26.2 Å². The number of carbonyl (C=O) groups is 2. The van der Waals surface area contributed by atoms with E-state index in [0.29, 0.717) is 54.4 Å². The van der Waals surface area contributed by atoms with Crippen molar-refractivity contribution in [1.29, 1.82) is 5.26 Å². The molecule has 3 unspecified atom stereocenters. The van der Waals surface area contributed by atoms with E-state index >= 15 is 0 Å². The highest BCUT2D eigenvalue weighted by Gasteiger charge is 2.39. The number of rotatable bonds is 10. The third-order valence-corrected chi connectivity index (χ3v) is 8.81. The third kappa shape index (κ3) is 9.47. The Balaban J connectivity index is 0.000000723. The highest BCUT2D eigenvalue weighted by atomic mass is 19.4. The molecule has 1 aromatic carbocycles. The molecule has 1 aliphatic carbocycles. The molecule has 1 saturated carbocycles. The van der Waals surface area contributed by atoms with Crippen molar-refractivity contribution in [2.45, 2.75) is 90.6 Å². The Morgan fingerprint density at radius 1 is 1.24 bits per heavy atom. The van der Waals surface area contributed by atoms with Crippen LogP contribution in [0.4, 0.5) is 24.5 Å². The van der Waals surface area contributed by atoms with E-state index in [1.165, 1.54) is 17.0 Å². The zero-order valence-electron chi connectivity index (χ0n) is 28.3. The number of pyridine rings is 1. The number of phenols is 1. The number of piperidine rings is 1. The fraction of sp³-hybridized carbons (Fsp3) is 0.472. The number of nitrogens with zero attached hydrogens (tertiary/aromatic N) is 4. The first kappa shape index (κ1) is 38.7. The van der Waals surface area contributed by atoms with Gasteiger partial charge in [0, 0.05) is 42.0 Å². The lowest BCUT2D eigenvalue weighted by Crippen LogP contribution is -2.50. The standard InChI is InChI=1S/C29H33F3N6O3.C7H12O/c1-3-22-26(27(35)24(4-2)41-17-11-16(12-17)14-33)21(37-20-7-5-6-8-23(20)39)9-10-38(22)28(40)18-15-36-25(13-19(18)34)29(30,31)32;1-4-6(3)7(8)5-2/h5-8,13,15-17,22,24,39H,3-4,9-12,35H2,1-2H3,(H2,34,36);5-6H,2,4H2,1,3H3/b27-26+,37-21?;. The molecule has 3 atom stereocenters. The molecular formula is C36H45F3N6O4. The summed E-state index contributed by atoms with van der Waals surface area (Å²) < 4.78 is 45.7. The molecule has 1 saturated heterocycles.